The Hall–Kier alpha value is -1.26. The second kappa shape index (κ2) is 5.72. The molecule has 0 aromatic carbocycles. The van der Waals surface area contributed by atoms with Crippen LogP contribution >= 0.6 is 0 Å². The third kappa shape index (κ3) is 3.12. The number of nitrogens with zero attached hydrogens (tertiary/aromatic N) is 1. The third-order valence-electron chi connectivity index (χ3n) is 3.07. The molecule has 1 fully saturated rings. The Bertz CT molecular complexity index is 268. The number of urea groups is 1. The van der Waals surface area contributed by atoms with Crippen LogP contribution in [0.5, 0.6) is 0 Å². The monoisotopic (exact) mass is 228 g/mol. The van der Waals surface area contributed by atoms with Gasteiger partial charge < -0.3 is 15.3 Å². The molecule has 2 amide bonds. The Balaban J connectivity index is 2.52. The number of piperidine rings is 1. The van der Waals surface area contributed by atoms with E-state index >= 15 is 0 Å². The van der Waals surface area contributed by atoms with Crippen molar-refractivity contribution in [3.05, 3.63) is 0 Å². The van der Waals surface area contributed by atoms with Crippen molar-refractivity contribution < 1.29 is 14.7 Å². The summed E-state index contributed by atoms with van der Waals surface area (Å²) in [6.07, 6.45) is 3.54. The lowest BCUT2D eigenvalue weighted by atomic mass is 10.0. The lowest BCUT2D eigenvalue weighted by Gasteiger charge is -2.34. The molecule has 1 rings (SSSR count). The number of likely N-dealkylation sites (tertiary alicyclic amines) is 1. The minimum absolute atomic E-state index is 0.208. The van der Waals surface area contributed by atoms with Crippen molar-refractivity contribution in [2.45, 2.75) is 51.6 Å². The highest BCUT2D eigenvalue weighted by Gasteiger charge is 2.26. The summed E-state index contributed by atoms with van der Waals surface area (Å²) in [4.78, 5) is 24.4. The minimum atomic E-state index is -0.972. The molecular formula is C11H20N2O3. The quantitative estimate of drug-likeness (QED) is 0.767. The van der Waals surface area contributed by atoms with Gasteiger partial charge in [0.1, 0.15) is 6.04 Å². The van der Waals surface area contributed by atoms with E-state index in [0.717, 1.165) is 25.8 Å². The van der Waals surface area contributed by atoms with Crippen molar-refractivity contribution in [2.75, 3.05) is 6.54 Å². The molecule has 1 heterocycles. The maximum absolute atomic E-state index is 11.8. The second-order valence-corrected chi connectivity index (χ2v) is 4.29. The van der Waals surface area contributed by atoms with Gasteiger partial charge in [0.25, 0.3) is 0 Å². The Labute approximate surface area is 95.8 Å². The summed E-state index contributed by atoms with van der Waals surface area (Å²) in [6, 6.07) is -0.817. The SMILES string of the molecule is CC[C@H](NC(=O)N1CCCCC1C)C(=O)O. The number of aliphatic carboxylic acids is 1. The number of nitrogens with one attached hydrogen (secondary N) is 1. The summed E-state index contributed by atoms with van der Waals surface area (Å²) in [5.41, 5.74) is 0. The highest BCUT2D eigenvalue weighted by atomic mass is 16.4. The normalized spacial score (nSPS) is 22.6. The Morgan fingerprint density at radius 3 is 2.69 bits per heavy atom. The van der Waals surface area contributed by atoms with Gasteiger partial charge in [-0.2, -0.15) is 0 Å². The first-order chi connectivity index (χ1) is 7.56. The van der Waals surface area contributed by atoms with Gasteiger partial charge >= 0.3 is 12.0 Å². The van der Waals surface area contributed by atoms with E-state index in [1.54, 1.807) is 11.8 Å². The van der Waals surface area contributed by atoms with Crippen LogP contribution in [0.4, 0.5) is 4.79 Å². The molecule has 0 radical (unpaired) electrons. The molecule has 1 aliphatic heterocycles. The summed E-state index contributed by atoms with van der Waals surface area (Å²) >= 11 is 0. The predicted molar refractivity (Wildman–Crippen MR) is 60.3 cm³/mol. The van der Waals surface area contributed by atoms with Crippen LogP contribution in [-0.4, -0.2) is 40.6 Å². The van der Waals surface area contributed by atoms with E-state index in [0.29, 0.717) is 6.42 Å². The van der Waals surface area contributed by atoms with Gasteiger partial charge in [-0.25, -0.2) is 9.59 Å². The van der Waals surface area contributed by atoms with E-state index in [-0.39, 0.29) is 12.1 Å². The van der Waals surface area contributed by atoms with Crippen LogP contribution < -0.4 is 5.32 Å². The fourth-order valence-electron chi connectivity index (χ4n) is 1.97. The summed E-state index contributed by atoms with van der Waals surface area (Å²) in [7, 11) is 0. The summed E-state index contributed by atoms with van der Waals surface area (Å²) in [5, 5.41) is 11.4. The molecule has 0 saturated carbocycles. The van der Waals surface area contributed by atoms with E-state index in [1.165, 1.54) is 0 Å². The van der Waals surface area contributed by atoms with Crippen molar-refractivity contribution >= 4 is 12.0 Å². The smallest absolute Gasteiger partial charge is 0.326 e. The second-order valence-electron chi connectivity index (χ2n) is 4.29. The molecule has 0 aromatic rings. The number of carboxylic acid groups (broad SMARTS) is 1. The number of carbonyl (C=O) groups is 2. The summed E-state index contributed by atoms with van der Waals surface area (Å²) in [5.74, 6) is -0.972. The van der Waals surface area contributed by atoms with Crippen LogP contribution in [0, 0.1) is 0 Å². The largest absolute Gasteiger partial charge is 0.480 e. The first-order valence-corrected chi connectivity index (χ1v) is 5.86. The zero-order chi connectivity index (χ0) is 12.1. The zero-order valence-electron chi connectivity index (χ0n) is 9.90. The molecule has 1 aliphatic rings. The van der Waals surface area contributed by atoms with Crippen LogP contribution in [0.25, 0.3) is 0 Å². The van der Waals surface area contributed by atoms with Gasteiger partial charge in [-0.3, -0.25) is 0 Å². The molecule has 0 aliphatic carbocycles. The molecule has 2 atom stereocenters. The molecule has 1 saturated heterocycles. The van der Waals surface area contributed by atoms with Gasteiger partial charge in [0, 0.05) is 12.6 Å². The average Bonchev–Trinajstić information content (AvgIpc) is 2.25. The predicted octanol–water partition coefficient (Wildman–Crippen LogP) is 1.43. The Morgan fingerprint density at radius 2 is 2.19 bits per heavy atom. The Morgan fingerprint density at radius 1 is 1.50 bits per heavy atom. The highest BCUT2D eigenvalue weighted by Crippen LogP contribution is 2.16. The lowest BCUT2D eigenvalue weighted by Crippen LogP contribution is -2.52. The van der Waals surface area contributed by atoms with Crippen molar-refractivity contribution in [2.24, 2.45) is 0 Å². The van der Waals surface area contributed by atoms with E-state index in [4.69, 9.17) is 5.11 Å². The number of hydrogen-bond acceptors (Lipinski definition) is 2. The topological polar surface area (TPSA) is 69.6 Å². The van der Waals surface area contributed by atoms with Gasteiger partial charge in [0.15, 0.2) is 0 Å². The van der Waals surface area contributed by atoms with Crippen LogP contribution in [-0.2, 0) is 4.79 Å². The van der Waals surface area contributed by atoms with Crippen molar-refractivity contribution in [1.29, 1.82) is 0 Å². The minimum Gasteiger partial charge on any atom is -0.480 e. The lowest BCUT2D eigenvalue weighted by molar-refractivity contribution is -0.139. The molecule has 0 spiro atoms. The molecule has 2 N–H and O–H groups in total. The van der Waals surface area contributed by atoms with Gasteiger partial charge in [0.05, 0.1) is 0 Å². The molecule has 1 unspecified atom stereocenters. The summed E-state index contributed by atoms with van der Waals surface area (Å²) < 4.78 is 0. The fourth-order valence-corrected chi connectivity index (χ4v) is 1.97. The molecule has 5 heteroatoms. The number of carbonyl (C=O) groups excluding carboxylic acids is 1. The first-order valence-electron chi connectivity index (χ1n) is 5.86. The zero-order valence-corrected chi connectivity index (χ0v) is 9.90. The van der Waals surface area contributed by atoms with Crippen molar-refractivity contribution in [1.82, 2.24) is 10.2 Å². The maximum Gasteiger partial charge on any atom is 0.326 e. The van der Waals surface area contributed by atoms with E-state index in [9.17, 15) is 9.59 Å². The van der Waals surface area contributed by atoms with Crippen molar-refractivity contribution in [3.8, 4) is 0 Å². The number of carboxylic acids is 1. The maximum atomic E-state index is 11.8. The average molecular weight is 228 g/mol. The molecule has 0 bridgehead atoms. The molecule has 0 aromatic heterocycles. The van der Waals surface area contributed by atoms with Gasteiger partial charge in [0.2, 0.25) is 0 Å². The molecule has 5 nitrogen and oxygen atoms in total. The van der Waals surface area contributed by atoms with Crippen molar-refractivity contribution in [3.63, 3.8) is 0 Å². The molecule has 92 valence electrons. The summed E-state index contributed by atoms with van der Waals surface area (Å²) in [6.45, 7) is 4.47. The van der Waals surface area contributed by atoms with E-state index in [2.05, 4.69) is 5.32 Å². The van der Waals surface area contributed by atoms with E-state index in [1.807, 2.05) is 6.92 Å². The van der Waals surface area contributed by atoms with Crippen LogP contribution in [0.2, 0.25) is 0 Å². The van der Waals surface area contributed by atoms with Crippen LogP contribution in [0.15, 0.2) is 0 Å². The molecule has 16 heavy (non-hydrogen) atoms. The highest BCUT2D eigenvalue weighted by molar-refractivity contribution is 5.82. The number of rotatable bonds is 3. The Kier molecular flexibility index (Phi) is 4.58. The van der Waals surface area contributed by atoms with Gasteiger partial charge in [-0.1, -0.05) is 6.92 Å². The molecular weight excluding hydrogens is 208 g/mol. The van der Waals surface area contributed by atoms with Crippen LogP contribution in [0.3, 0.4) is 0 Å². The first kappa shape index (κ1) is 12.8. The van der Waals surface area contributed by atoms with Gasteiger partial charge in [-0.15, -0.1) is 0 Å². The number of amides is 2. The standard InChI is InChI=1S/C11H20N2O3/c1-3-9(10(14)15)12-11(16)13-7-5-4-6-8(13)2/h8-9H,3-7H2,1-2H3,(H,12,16)(H,14,15)/t8?,9-/m0/s1. The van der Waals surface area contributed by atoms with E-state index < -0.39 is 12.0 Å². The fraction of sp³-hybridized carbons (Fsp3) is 0.818. The van der Waals surface area contributed by atoms with Gasteiger partial charge in [-0.05, 0) is 32.6 Å². The third-order valence-corrected chi connectivity index (χ3v) is 3.07. The van der Waals surface area contributed by atoms with Crippen LogP contribution in [0.1, 0.15) is 39.5 Å². The number of hydrogen-bond donors (Lipinski definition) is 2.